The SMILES string of the molecule is OC1CN(CC2Cc3c(F)ccc(F)c3C2)CC(O)C1O. The van der Waals surface area contributed by atoms with E-state index < -0.39 is 18.3 Å². The van der Waals surface area contributed by atoms with Gasteiger partial charge in [-0.25, -0.2) is 8.78 Å². The summed E-state index contributed by atoms with van der Waals surface area (Å²) >= 11 is 0. The molecule has 0 amide bonds. The summed E-state index contributed by atoms with van der Waals surface area (Å²) in [5, 5.41) is 28.9. The van der Waals surface area contributed by atoms with E-state index >= 15 is 0 Å². The van der Waals surface area contributed by atoms with Crippen molar-refractivity contribution in [3.63, 3.8) is 0 Å². The van der Waals surface area contributed by atoms with Gasteiger partial charge in [-0.2, -0.15) is 0 Å². The molecule has 0 radical (unpaired) electrons. The minimum Gasteiger partial charge on any atom is -0.389 e. The Morgan fingerprint density at radius 3 is 1.90 bits per heavy atom. The van der Waals surface area contributed by atoms with E-state index in [0.29, 0.717) is 30.5 Å². The van der Waals surface area contributed by atoms with E-state index in [2.05, 4.69) is 0 Å². The van der Waals surface area contributed by atoms with Crippen molar-refractivity contribution >= 4 is 0 Å². The summed E-state index contributed by atoms with van der Waals surface area (Å²) in [6, 6.07) is 2.31. The van der Waals surface area contributed by atoms with Crippen LogP contribution in [0, 0.1) is 17.6 Å². The standard InChI is InChI=1S/C15H19F2NO3/c16-11-1-2-12(17)10-4-8(3-9(10)11)5-18-6-13(19)15(21)14(20)7-18/h1-2,8,13-15,19-21H,3-7H2. The van der Waals surface area contributed by atoms with Gasteiger partial charge in [0.25, 0.3) is 0 Å². The third kappa shape index (κ3) is 2.81. The molecule has 1 aromatic carbocycles. The van der Waals surface area contributed by atoms with Gasteiger partial charge in [0, 0.05) is 19.6 Å². The zero-order valence-electron chi connectivity index (χ0n) is 11.5. The number of likely N-dealkylation sites (tertiary alicyclic amines) is 1. The van der Waals surface area contributed by atoms with Gasteiger partial charge < -0.3 is 15.3 Å². The molecule has 0 spiro atoms. The van der Waals surface area contributed by atoms with E-state index in [1.807, 2.05) is 4.90 Å². The van der Waals surface area contributed by atoms with Crippen LogP contribution in [0.3, 0.4) is 0 Å². The predicted octanol–water partition coefficient (Wildman–Crippen LogP) is 0.0779. The van der Waals surface area contributed by atoms with Crippen molar-refractivity contribution in [3.8, 4) is 0 Å². The number of aliphatic hydroxyl groups is 3. The van der Waals surface area contributed by atoms with Crippen molar-refractivity contribution in [2.75, 3.05) is 19.6 Å². The fourth-order valence-corrected chi connectivity index (χ4v) is 3.45. The Balaban J connectivity index is 1.66. The molecule has 4 nitrogen and oxygen atoms in total. The first kappa shape index (κ1) is 14.8. The summed E-state index contributed by atoms with van der Waals surface area (Å²) in [5.74, 6) is -0.688. The Morgan fingerprint density at radius 2 is 1.43 bits per heavy atom. The van der Waals surface area contributed by atoms with Crippen molar-refractivity contribution in [2.45, 2.75) is 31.2 Å². The first-order valence-electron chi connectivity index (χ1n) is 7.18. The lowest BCUT2D eigenvalue weighted by Gasteiger charge is -2.38. The summed E-state index contributed by atoms with van der Waals surface area (Å²) in [4.78, 5) is 1.84. The van der Waals surface area contributed by atoms with Crippen molar-refractivity contribution in [3.05, 3.63) is 34.9 Å². The monoisotopic (exact) mass is 299 g/mol. The van der Waals surface area contributed by atoms with Crippen molar-refractivity contribution in [1.29, 1.82) is 0 Å². The fraction of sp³-hybridized carbons (Fsp3) is 0.600. The summed E-state index contributed by atoms with van der Waals surface area (Å²) in [6.45, 7) is 1.06. The highest BCUT2D eigenvalue weighted by Gasteiger charge is 2.35. The molecule has 0 aromatic heterocycles. The maximum Gasteiger partial charge on any atom is 0.126 e. The number of hydrogen-bond acceptors (Lipinski definition) is 4. The Kier molecular flexibility index (Phi) is 3.96. The van der Waals surface area contributed by atoms with E-state index in [-0.39, 0.29) is 30.6 Å². The Hall–Kier alpha value is -1.08. The van der Waals surface area contributed by atoms with E-state index in [0.717, 1.165) is 12.1 Å². The van der Waals surface area contributed by atoms with Crippen LogP contribution in [-0.2, 0) is 12.8 Å². The van der Waals surface area contributed by atoms with Gasteiger partial charge >= 0.3 is 0 Å². The second-order valence-corrected chi connectivity index (χ2v) is 6.10. The predicted molar refractivity (Wildman–Crippen MR) is 71.7 cm³/mol. The number of hydrogen-bond donors (Lipinski definition) is 3. The molecule has 2 unspecified atom stereocenters. The molecule has 6 heteroatoms. The molecule has 2 aliphatic rings. The van der Waals surface area contributed by atoms with Crippen molar-refractivity contribution in [1.82, 2.24) is 4.90 Å². The number of rotatable bonds is 2. The minimum atomic E-state index is -1.13. The Labute approximate surface area is 121 Å². The molecule has 1 fully saturated rings. The smallest absolute Gasteiger partial charge is 0.126 e. The number of fused-ring (bicyclic) bond motifs is 1. The van der Waals surface area contributed by atoms with Gasteiger partial charge in [0.2, 0.25) is 0 Å². The number of β-amino-alcohol motifs (C(OH)–C–C–N with tert-alkyl or cyclic N) is 2. The number of nitrogens with zero attached hydrogens (tertiary/aromatic N) is 1. The largest absolute Gasteiger partial charge is 0.389 e. The first-order valence-corrected chi connectivity index (χ1v) is 7.18. The van der Waals surface area contributed by atoms with Gasteiger partial charge in [-0.3, -0.25) is 4.90 Å². The summed E-state index contributed by atoms with van der Waals surface area (Å²) in [6.07, 6.45) is -2.19. The van der Waals surface area contributed by atoms with Crippen molar-refractivity contribution in [2.24, 2.45) is 5.92 Å². The molecule has 21 heavy (non-hydrogen) atoms. The quantitative estimate of drug-likeness (QED) is 0.723. The topological polar surface area (TPSA) is 63.9 Å². The molecule has 0 bridgehead atoms. The van der Waals surface area contributed by atoms with E-state index in [1.54, 1.807) is 0 Å². The molecule has 1 aromatic rings. The fourth-order valence-electron chi connectivity index (χ4n) is 3.45. The van der Waals surface area contributed by atoms with Crippen LogP contribution in [0.25, 0.3) is 0 Å². The molecule has 1 aliphatic heterocycles. The lowest BCUT2D eigenvalue weighted by molar-refractivity contribution is -0.111. The zero-order valence-corrected chi connectivity index (χ0v) is 11.5. The molecule has 2 atom stereocenters. The van der Waals surface area contributed by atoms with Crippen LogP contribution < -0.4 is 0 Å². The molecule has 1 heterocycles. The molecule has 3 N–H and O–H groups in total. The Bertz CT molecular complexity index is 497. The Morgan fingerprint density at radius 1 is 0.952 bits per heavy atom. The average Bonchev–Trinajstić information content (AvgIpc) is 2.85. The summed E-state index contributed by atoms with van der Waals surface area (Å²) in [7, 11) is 0. The van der Waals surface area contributed by atoms with E-state index in [9.17, 15) is 24.1 Å². The first-order chi connectivity index (χ1) is 9.95. The van der Waals surface area contributed by atoms with Crippen LogP contribution in [-0.4, -0.2) is 58.2 Å². The van der Waals surface area contributed by atoms with E-state index in [1.165, 1.54) is 0 Å². The van der Waals surface area contributed by atoms with Crippen LogP contribution in [0.4, 0.5) is 8.78 Å². The molecular weight excluding hydrogens is 280 g/mol. The van der Waals surface area contributed by atoms with Crippen LogP contribution in [0.1, 0.15) is 11.1 Å². The highest BCUT2D eigenvalue weighted by Crippen LogP contribution is 2.31. The van der Waals surface area contributed by atoms with Gasteiger partial charge in [-0.05, 0) is 42.0 Å². The molecule has 0 saturated carbocycles. The minimum absolute atomic E-state index is 0.0565. The lowest BCUT2D eigenvalue weighted by atomic mass is 9.99. The maximum atomic E-state index is 13.7. The normalized spacial score (nSPS) is 30.6. The average molecular weight is 299 g/mol. The molecule has 1 aliphatic carbocycles. The van der Waals surface area contributed by atoms with Gasteiger partial charge in [0.1, 0.15) is 17.7 Å². The third-order valence-electron chi connectivity index (χ3n) is 4.50. The van der Waals surface area contributed by atoms with Crippen LogP contribution >= 0.6 is 0 Å². The molecule has 1 saturated heterocycles. The van der Waals surface area contributed by atoms with Crippen LogP contribution in [0.2, 0.25) is 0 Å². The summed E-state index contributed by atoms with van der Waals surface area (Å²) in [5.41, 5.74) is 0.885. The zero-order chi connectivity index (χ0) is 15.1. The molecule has 116 valence electrons. The highest BCUT2D eigenvalue weighted by molar-refractivity contribution is 5.35. The second kappa shape index (κ2) is 5.61. The van der Waals surface area contributed by atoms with Crippen LogP contribution in [0.5, 0.6) is 0 Å². The highest BCUT2D eigenvalue weighted by atomic mass is 19.1. The number of piperidine rings is 1. The van der Waals surface area contributed by atoms with Crippen molar-refractivity contribution < 1.29 is 24.1 Å². The van der Waals surface area contributed by atoms with Crippen LogP contribution in [0.15, 0.2) is 12.1 Å². The second-order valence-electron chi connectivity index (χ2n) is 6.10. The number of halogens is 2. The molecular formula is C15H19F2NO3. The van der Waals surface area contributed by atoms with E-state index in [4.69, 9.17) is 0 Å². The number of aliphatic hydroxyl groups excluding tert-OH is 3. The third-order valence-corrected chi connectivity index (χ3v) is 4.50. The van der Waals surface area contributed by atoms with Gasteiger partial charge in [-0.1, -0.05) is 0 Å². The molecule has 3 rings (SSSR count). The lowest BCUT2D eigenvalue weighted by Crippen LogP contribution is -2.56. The maximum absolute atomic E-state index is 13.7. The van der Waals surface area contributed by atoms with Gasteiger partial charge in [0.15, 0.2) is 0 Å². The van der Waals surface area contributed by atoms with Gasteiger partial charge in [0.05, 0.1) is 12.2 Å². The number of benzene rings is 1. The summed E-state index contributed by atoms with van der Waals surface area (Å²) < 4.78 is 27.4. The van der Waals surface area contributed by atoms with Gasteiger partial charge in [-0.15, -0.1) is 0 Å².